The zero-order valence-electron chi connectivity index (χ0n) is 10.2. The van der Waals surface area contributed by atoms with E-state index in [1.165, 1.54) is 0 Å². The van der Waals surface area contributed by atoms with Crippen molar-refractivity contribution in [3.63, 3.8) is 0 Å². The molecule has 1 aromatic carbocycles. The average molecular weight is 295 g/mol. The van der Waals surface area contributed by atoms with Gasteiger partial charge in [-0.25, -0.2) is 0 Å². The van der Waals surface area contributed by atoms with Crippen molar-refractivity contribution in [2.45, 2.75) is 32.1 Å². The fraction of sp³-hybridized carbons (Fsp3) is 0.400. The van der Waals surface area contributed by atoms with E-state index in [-0.39, 0.29) is 11.8 Å². The van der Waals surface area contributed by atoms with Crippen LogP contribution in [0.2, 0.25) is 0 Å². The molecule has 0 saturated carbocycles. The fourth-order valence-corrected chi connectivity index (χ4v) is 2.46. The van der Waals surface area contributed by atoms with Crippen LogP contribution in [0.4, 0.5) is 0 Å². The molecule has 0 spiro atoms. The van der Waals surface area contributed by atoms with Gasteiger partial charge in [-0.3, -0.25) is 0 Å². The summed E-state index contributed by atoms with van der Waals surface area (Å²) in [5.74, 6) is 0.165. The van der Waals surface area contributed by atoms with Crippen LogP contribution < -0.4 is 0 Å². The highest BCUT2D eigenvalue weighted by atomic mass is 79.9. The highest BCUT2D eigenvalue weighted by Gasteiger charge is 2.19. The molecule has 0 amide bonds. The quantitative estimate of drug-likeness (QED) is 0.525. The van der Waals surface area contributed by atoms with Crippen molar-refractivity contribution >= 4 is 22.2 Å². The van der Waals surface area contributed by atoms with Gasteiger partial charge in [0.1, 0.15) is 6.29 Å². The lowest BCUT2D eigenvalue weighted by Gasteiger charge is -2.20. The summed E-state index contributed by atoms with van der Waals surface area (Å²) in [6, 6.07) is 8.11. The third-order valence-corrected chi connectivity index (χ3v) is 3.51. The highest BCUT2D eigenvalue weighted by molar-refractivity contribution is 9.10. The predicted molar refractivity (Wildman–Crippen MR) is 76.2 cm³/mol. The Labute approximate surface area is 112 Å². The van der Waals surface area contributed by atoms with Gasteiger partial charge in [-0.05, 0) is 24.1 Å². The van der Waals surface area contributed by atoms with Crippen LogP contribution in [0, 0.1) is 5.92 Å². The lowest BCUT2D eigenvalue weighted by Crippen LogP contribution is -2.12. The molecule has 0 aromatic heterocycles. The molecule has 0 saturated heterocycles. The van der Waals surface area contributed by atoms with E-state index in [2.05, 4.69) is 41.6 Å². The van der Waals surface area contributed by atoms with E-state index in [0.717, 1.165) is 35.6 Å². The minimum Gasteiger partial charge on any atom is -0.303 e. The summed E-state index contributed by atoms with van der Waals surface area (Å²) in [7, 11) is 0. The number of hydrogen-bond acceptors (Lipinski definition) is 1. The molecule has 2 heteroatoms. The van der Waals surface area contributed by atoms with E-state index in [1.54, 1.807) is 0 Å². The number of halogens is 1. The molecule has 0 heterocycles. The van der Waals surface area contributed by atoms with Crippen molar-refractivity contribution < 1.29 is 4.79 Å². The second-order valence-electron chi connectivity index (χ2n) is 4.26. The molecular weight excluding hydrogens is 276 g/mol. The van der Waals surface area contributed by atoms with Gasteiger partial charge in [0.25, 0.3) is 0 Å². The lowest BCUT2D eigenvalue weighted by atomic mass is 9.84. The zero-order valence-corrected chi connectivity index (χ0v) is 11.8. The van der Waals surface area contributed by atoms with Crippen LogP contribution >= 0.6 is 15.9 Å². The summed E-state index contributed by atoms with van der Waals surface area (Å²) in [4.78, 5) is 11.2. The number of unbranched alkanes of at least 4 members (excludes halogenated alkanes) is 1. The molecule has 0 aliphatic heterocycles. The maximum absolute atomic E-state index is 11.2. The Morgan fingerprint density at radius 3 is 2.76 bits per heavy atom. The summed E-state index contributed by atoms with van der Waals surface area (Å²) in [6.45, 7) is 6.01. The first-order chi connectivity index (χ1) is 8.22. The van der Waals surface area contributed by atoms with Gasteiger partial charge in [0, 0.05) is 16.3 Å². The molecule has 2 atom stereocenters. The van der Waals surface area contributed by atoms with Gasteiger partial charge in [-0.1, -0.05) is 53.9 Å². The summed E-state index contributed by atoms with van der Waals surface area (Å²) in [5.41, 5.74) is 1.16. The van der Waals surface area contributed by atoms with Gasteiger partial charge >= 0.3 is 0 Å². The number of aldehydes is 1. The third kappa shape index (κ3) is 4.12. The van der Waals surface area contributed by atoms with Gasteiger partial charge in [0.05, 0.1) is 0 Å². The average Bonchev–Trinajstić information content (AvgIpc) is 2.34. The van der Waals surface area contributed by atoms with Crippen molar-refractivity contribution in [1.82, 2.24) is 0 Å². The Morgan fingerprint density at radius 2 is 2.24 bits per heavy atom. The lowest BCUT2D eigenvalue weighted by molar-refractivity contribution is -0.111. The second kappa shape index (κ2) is 7.44. The molecule has 17 heavy (non-hydrogen) atoms. The van der Waals surface area contributed by atoms with Crippen molar-refractivity contribution in [2.75, 3.05) is 0 Å². The van der Waals surface area contributed by atoms with Crippen LogP contribution in [-0.2, 0) is 4.79 Å². The maximum Gasteiger partial charge on any atom is 0.123 e. The molecule has 1 nitrogen and oxygen atoms in total. The minimum atomic E-state index is 0.0433. The fourth-order valence-electron chi connectivity index (χ4n) is 2.04. The SMILES string of the molecule is C=C[C@@H](c1cccc(Br)c1)[C@@H](C=O)CCCC. The van der Waals surface area contributed by atoms with E-state index < -0.39 is 0 Å². The third-order valence-electron chi connectivity index (χ3n) is 3.01. The molecule has 0 N–H and O–H groups in total. The number of carbonyl (C=O) groups excluding carboxylic acids is 1. The Hall–Kier alpha value is -0.890. The minimum absolute atomic E-state index is 0.0433. The van der Waals surface area contributed by atoms with Crippen molar-refractivity contribution in [3.8, 4) is 0 Å². The van der Waals surface area contributed by atoms with Gasteiger partial charge in [0.15, 0.2) is 0 Å². The number of hydrogen-bond donors (Lipinski definition) is 0. The summed E-state index contributed by atoms with van der Waals surface area (Å²) < 4.78 is 1.04. The summed E-state index contributed by atoms with van der Waals surface area (Å²) in [6.07, 6.45) is 6.09. The second-order valence-corrected chi connectivity index (χ2v) is 5.17. The number of carbonyl (C=O) groups is 1. The first kappa shape index (κ1) is 14.2. The first-order valence-electron chi connectivity index (χ1n) is 6.06. The molecule has 0 bridgehead atoms. The Kier molecular flexibility index (Phi) is 6.20. The van der Waals surface area contributed by atoms with E-state index >= 15 is 0 Å². The van der Waals surface area contributed by atoms with Crippen molar-refractivity contribution in [1.29, 1.82) is 0 Å². The molecule has 0 fully saturated rings. The largest absolute Gasteiger partial charge is 0.303 e. The molecule has 1 rings (SSSR count). The van der Waals surface area contributed by atoms with Crippen molar-refractivity contribution in [3.05, 3.63) is 47.0 Å². The molecule has 0 radical (unpaired) electrons. The van der Waals surface area contributed by atoms with Crippen LogP contribution in [0.25, 0.3) is 0 Å². The molecule has 0 aliphatic rings. The molecule has 0 aliphatic carbocycles. The molecular formula is C15H19BrO. The zero-order chi connectivity index (χ0) is 12.7. The first-order valence-corrected chi connectivity index (χ1v) is 6.85. The Morgan fingerprint density at radius 1 is 1.47 bits per heavy atom. The van der Waals surface area contributed by atoms with Gasteiger partial charge in [-0.2, -0.15) is 0 Å². The van der Waals surface area contributed by atoms with E-state index in [9.17, 15) is 4.79 Å². The van der Waals surface area contributed by atoms with Gasteiger partial charge < -0.3 is 4.79 Å². The van der Waals surface area contributed by atoms with Crippen LogP contribution in [0.3, 0.4) is 0 Å². The van der Waals surface area contributed by atoms with Crippen LogP contribution in [0.1, 0.15) is 37.7 Å². The number of benzene rings is 1. The highest BCUT2D eigenvalue weighted by Crippen LogP contribution is 2.29. The summed E-state index contributed by atoms with van der Waals surface area (Å²) in [5, 5.41) is 0. The maximum atomic E-state index is 11.2. The van der Waals surface area contributed by atoms with Crippen molar-refractivity contribution in [2.24, 2.45) is 5.92 Å². The molecule has 1 aromatic rings. The molecule has 92 valence electrons. The Balaban J connectivity index is 2.88. The predicted octanol–water partition coefficient (Wildman–Crippen LogP) is 4.72. The van der Waals surface area contributed by atoms with E-state index in [4.69, 9.17) is 0 Å². The van der Waals surface area contributed by atoms with E-state index in [1.807, 2.05) is 18.2 Å². The smallest absolute Gasteiger partial charge is 0.123 e. The monoisotopic (exact) mass is 294 g/mol. The van der Waals surface area contributed by atoms with Gasteiger partial charge in [-0.15, -0.1) is 6.58 Å². The number of allylic oxidation sites excluding steroid dienone is 1. The van der Waals surface area contributed by atoms with E-state index in [0.29, 0.717) is 0 Å². The normalized spacial score (nSPS) is 14.0. The molecule has 0 unspecified atom stereocenters. The topological polar surface area (TPSA) is 17.1 Å². The Bertz CT molecular complexity index is 373. The van der Waals surface area contributed by atoms with Crippen LogP contribution in [0.5, 0.6) is 0 Å². The summed E-state index contributed by atoms with van der Waals surface area (Å²) >= 11 is 3.46. The van der Waals surface area contributed by atoms with Gasteiger partial charge in [0.2, 0.25) is 0 Å². The standard InChI is InChI=1S/C15H19BrO/c1-3-5-7-13(11-17)15(4-2)12-8-6-9-14(16)10-12/h4,6,8-11,13,15H,2-3,5,7H2,1H3/t13-,15+/m1/s1. The van der Waals surface area contributed by atoms with Crippen LogP contribution in [0.15, 0.2) is 41.4 Å². The van der Waals surface area contributed by atoms with Crippen LogP contribution in [-0.4, -0.2) is 6.29 Å². The number of rotatable bonds is 7.